The predicted octanol–water partition coefficient (Wildman–Crippen LogP) is 2.21. The Bertz CT molecular complexity index is 1300. The second kappa shape index (κ2) is 10.2. The molecule has 1 saturated heterocycles. The third kappa shape index (κ3) is 3.90. The summed E-state index contributed by atoms with van der Waals surface area (Å²) < 4.78 is 15.3. The number of methoxy groups -OCH3 is 3. The summed E-state index contributed by atoms with van der Waals surface area (Å²) in [5, 5.41) is 3.05. The summed E-state index contributed by atoms with van der Waals surface area (Å²) in [6.45, 7) is 4.20. The van der Waals surface area contributed by atoms with Gasteiger partial charge in [0.05, 0.1) is 38.4 Å². The Hall–Kier alpha value is -4.15. The van der Waals surface area contributed by atoms with Crippen LogP contribution in [0, 0.1) is 0 Å². The van der Waals surface area contributed by atoms with E-state index < -0.39 is 41.4 Å². The number of rotatable bonds is 6. The number of anilines is 1. The van der Waals surface area contributed by atoms with Crippen LogP contribution in [0.2, 0.25) is 0 Å². The number of nitrogens with one attached hydrogen (secondary N) is 1. The number of benzene rings is 1. The van der Waals surface area contributed by atoms with Crippen LogP contribution < -0.4 is 10.2 Å². The van der Waals surface area contributed by atoms with Crippen molar-refractivity contribution in [3.63, 3.8) is 0 Å². The van der Waals surface area contributed by atoms with Gasteiger partial charge in [0, 0.05) is 18.3 Å². The van der Waals surface area contributed by atoms with Gasteiger partial charge in [-0.1, -0.05) is 37.1 Å². The lowest BCUT2D eigenvalue weighted by Crippen LogP contribution is -2.57. The van der Waals surface area contributed by atoms with E-state index in [1.54, 1.807) is 6.08 Å². The van der Waals surface area contributed by atoms with Crippen LogP contribution in [0.25, 0.3) is 0 Å². The highest BCUT2D eigenvalue weighted by molar-refractivity contribution is 6.17. The maximum Gasteiger partial charge on any atom is 0.357 e. The van der Waals surface area contributed by atoms with Gasteiger partial charge in [0.25, 0.3) is 0 Å². The highest BCUT2D eigenvalue weighted by Gasteiger charge is 2.67. The van der Waals surface area contributed by atoms with Crippen molar-refractivity contribution in [3.05, 3.63) is 53.8 Å². The fraction of sp³-hybridized carbons (Fsp3) is 0.464. The van der Waals surface area contributed by atoms with Crippen LogP contribution in [0.5, 0.6) is 0 Å². The zero-order chi connectivity index (χ0) is 27.9. The van der Waals surface area contributed by atoms with Crippen LogP contribution in [0.4, 0.5) is 10.5 Å². The number of hydrogen-bond acceptors (Lipinski definition) is 9. The molecule has 1 aromatic rings. The summed E-state index contributed by atoms with van der Waals surface area (Å²) in [5.41, 5.74) is 0.112. The maximum absolute atomic E-state index is 13.9. The van der Waals surface area contributed by atoms with Gasteiger partial charge in [-0.2, -0.15) is 0 Å². The van der Waals surface area contributed by atoms with Gasteiger partial charge in [-0.05, 0) is 30.9 Å². The smallest absolute Gasteiger partial charge is 0.357 e. The lowest BCUT2D eigenvalue weighted by atomic mass is 9.69. The number of likely N-dealkylation sites (tertiary alicyclic amines) is 1. The molecule has 3 aliphatic heterocycles. The largest absolute Gasteiger partial charge is 0.467 e. The molecule has 4 aliphatic rings. The molecule has 0 bridgehead atoms. The molecule has 2 amide bonds. The Kier molecular flexibility index (Phi) is 6.92. The van der Waals surface area contributed by atoms with Gasteiger partial charge in [-0.25, -0.2) is 24.2 Å². The number of hydrogen-bond donors (Lipinski definition) is 1. The van der Waals surface area contributed by atoms with Crippen molar-refractivity contribution < 1.29 is 33.4 Å². The fourth-order valence-electron chi connectivity index (χ4n) is 6.61. The van der Waals surface area contributed by atoms with Crippen molar-refractivity contribution in [3.8, 4) is 0 Å². The number of carbonyl (C=O) groups is 4. The summed E-state index contributed by atoms with van der Waals surface area (Å²) in [5.74, 6) is -2.05. The van der Waals surface area contributed by atoms with Gasteiger partial charge < -0.3 is 24.4 Å². The second-order valence-corrected chi connectivity index (χ2v) is 10.1. The number of amidine groups is 1. The molecule has 3 heterocycles. The molecule has 1 aliphatic carbocycles. The average molecular weight is 537 g/mol. The molecule has 1 saturated carbocycles. The Morgan fingerprint density at radius 1 is 1.08 bits per heavy atom. The third-order valence-electron chi connectivity index (χ3n) is 8.16. The fourth-order valence-corrected chi connectivity index (χ4v) is 6.61. The number of carbonyl (C=O) groups excluding carboxylic acids is 4. The van der Waals surface area contributed by atoms with E-state index in [0.29, 0.717) is 6.54 Å². The van der Waals surface area contributed by atoms with E-state index in [4.69, 9.17) is 14.2 Å². The highest BCUT2D eigenvalue weighted by atomic mass is 16.5. The lowest BCUT2D eigenvalue weighted by Gasteiger charge is -2.40. The Morgan fingerprint density at radius 3 is 2.41 bits per heavy atom. The van der Waals surface area contributed by atoms with Crippen LogP contribution in [0.1, 0.15) is 37.7 Å². The summed E-state index contributed by atoms with van der Waals surface area (Å²) in [6.07, 6.45) is 5.43. The van der Waals surface area contributed by atoms with Gasteiger partial charge in [0.2, 0.25) is 0 Å². The number of nitrogens with zero attached hydrogens (tertiary/aromatic N) is 3. The van der Waals surface area contributed by atoms with Gasteiger partial charge in [-0.3, -0.25) is 4.90 Å². The van der Waals surface area contributed by atoms with Gasteiger partial charge in [0.1, 0.15) is 11.9 Å². The third-order valence-corrected chi connectivity index (χ3v) is 8.16. The van der Waals surface area contributed by atoms with Crippen molar-refractivity contribution in [1.29, 1.82) is 0 Å². The first kappa shape index (κ1) is 26.5. The summed E-state index contributed by atoms with van der Waals surface area (Å²) >= 11 is 0. The minimum atomic E-state index is -1.15. The summed E-state index contributed by atoms with van der Waals surface area (Å²) in [6, 6.07) is 5.07. The van der Waals surface area contributed by atoms with Crippen molar-refractivity contribution >= 4 is 35.5 Å². The molecular formula is C28H32N4O7. The van der Waals surface area contributed by atoms with E-state index in [9.17, 15) is 19.2 Å². The SMILES string of the molecule is C=CCN1c2ccccc2[C@]23CC(C(=O)OC)N(C(=O)NC4CCCC4)C2=NC(C(=O)OC)=C(C(=O)OC)C13. The number of fused-ring (bicyclic) bond motifs is 1. The molecule has 0 radical (unpaired) electrons. The molecule has 11 heteroatoms. The van der Waals surface area contributed by atoms with Gasteiger partial charge in [-0.15, -0.1) is 6.58 Å². The minimum absolute atomic E-state index is 0.00665. The topological polar surface area (TPSA) is 127 Å². The number of para-hydroxylation sites is 1. The number of amides is 2. The monoisotopic (exact) mass is 536 g/mol. The molecular weight excluding hydrogens is 504 g/mol. The van der Waals surface area contributed by atoms with Crippen LogP contribution in [-0.2, 0) is 34.0 Å². The van der Waals surface area contributed by atoms with Crippen LogP contribution in [-0.4, -0.2) is 80.7 Å². The lowest BCUT2D eigenvalue weighted by molar-refractivity contribution is -0.144. The first-order valence-corrected chi connectivity index (χ1v) is 13.0. The molecule has 5 rings (SSSR count). The number of urea groups is 1. The molecule has 1 spiro atoms. The molecule has 1 aromatic carbocycles. The summed E-state index contributed by atoms with van der Waals surface area (Å²) in [4.78, 5) is 61.5. The Balaban J connectivity index is 1.79. The quantitative estimate of drug-likeness (QED) is 0.333. The van der Waals surface area contributed by atoms with Crippen LogP contribution in [0.3, 0.4) is 0 Å². The predicted molar refractivity (Wildman–Crippen MR) is 141 cm³/mol. The molecule has 0 aromatic heterocycles. The van der Waals surface area contributed by atoms with E-state index in [2.05, 4.69) is 16.9 Å². The Morgan fingerprint density at radius 2 is 1.77 bits per heavy atom. The first-order valence-electron chi connectivity index (χ1n) is 13.0. The van der Waals surface area contributed by atoms with Crippen LogP contribution in [0.15, 0.2) is 53.2 Å². The summed E-state index contributed by atoms with van der Waals surface area (Å²) in [7, 11) is 3.68. The zero-order valence-corrected chi connectivity index (χ0v) is 22.3. The Labute approximate surface area is 226 Å². The number of aliphatic imine (C=N–C) groups is 1. The van der Waals surface area contributed by atoms with E-state index in [-0.39, 0.29) is 29.6 Å². The van der Waals surface area contributed by atoms with Crippen LogP contribution >= 0.6 is 0 Å². The standard InChI is InChI=1S/C28H32N4O7/c1-5-14-31-18-13-9-8-12-17(18)28-15-19(23(33)37-2)32(27(36)29-16-10-6-7-11-16)26(28)30-21(25(35)39-4)20(22(28)31)24(34)38-3/h5,8-9,12-13,16,19,22H,1,6-7,10-11,14-15H2,2-4H3,(H,29,36)/t19?,22?,28-/m0/s1. The number of ether oxygens (including phenoxy) is 3. The molecule has 39 heavy (non-hydrogen) atoms. The minimum Gasteiger partial charge on any atom is -0.467 e. The second-order valence-electron chi connectivity index (χ2n) is 10.1. The average Bonchev–Trinajstić information content (AvgIpc) is 3.66. The van der Waals surface area contributed by atoms with E-state index in [1.807, 2.05) is 29.2 Å². The van der Waals surface area contributed by atoms with E-state index >= 15 is 0 Å². The van der Waals surface area contributed by atoms with Gasteiger partial charge >= 0.3 is 23.9 Å². The molecule has 206 valence electrons. The molecule has 11 nitrogen and oxygen atoms in total. The van der Waals surface area contributed by atoms with Crippen molar-refractivity contribution in [1.82, 2.24) is 10.2 Å². The number of esters is 3. The van der Waals surface area contributed by atoms with Gasteiger partial charge in [0.15, 0.2) is 5.70 Å². The van der Waals surface area contributed by atoms with Crippen molar-refractivity contribution in [2.45, 2.75) is 55.6 Å². The van der Waals surface area contributed by atoms with Crippen molar-refractivity contribution in [2.24, 2.45) is 4.99 Å². The molecule has 2 fully saturated rings. The zero-order valence-electron chi connectivity index (χ0n) is 22.3. The normalized spacial score (nSPS) is 25.4. The van der Waals surface area contributed by atoms with E-state index in [0.717, 1.165) is 36.9 Å². The maximum atomic E-state index is 13.9. The highest BCUT2D eigenvalue weighted by Crippen LogP contribution is 2.57. The first-order chi connectivity index (χ1) is 18.8. The molecule has 2 unspecified atom stereocenters. The van der Waals surface area contributed by atoms with Crippen molar-refractivity contribution in [2.75, 3.05) is 32.8 Å². The molecule has 1 N–H and O–H groups in total. The molecule has 3 atom stereocenters. The van der Waals surface area contributed by atoms with E-state index in [1.165, 1.54) is 26.2 Å².